The van der Waals surface area contributed by atoms with Crippen LogP contribution in [0.4, 0.5) is 35.1 Å². The van der Waals surface area contributed by atoms with Crippen molar-refractivity contribution in [2.24, 2.45) is 17.8 Å². The lowest BCUT2D eigenvalue weighted by Crippen LogP contribution is -2.47. The normalized spacial score (nSPS) is 36.8. The van der Waals surface area contributed by atoms with Crippen LogP contribution in [0, 0.1) is 67.1 Å². The highest BCUT2D eigenvalue weighted by molar-refractivity contribution is 14.1. The Balaban J connectivity index is 0.000000196. The van der Waals surface area contributed by atoms with Gasteiger partial charge in [-0.1, -0.05) is 89.6 Å². The van der Waals surface area contributed by atoms with Gasteiger partial charge in [-0.3, -0.25) is 57.4 Å². The molecular formula is C47H44F8I2N8O15. The van der Waals surface area contributed by atoms with E-state index in [4.69, 9.17) is 54.9 Å². The number of nitrogens with zero attached hydrogens (tertiary/aromatic N) is 4. The molecule has 4 aliphatic rings. The second-order valence-electron chi connectivity index (χ2n) is 17.9. The Hall–Kier alpha value is -6.42. The number of halogens is 10. The summed E-state index contributed by atoms with van der Waals surface area (Å²) in [6.07, 6.45) is 14.9. The van der Waals surface area contributed by atoms with Crippen molar-refractivity contribution in [2.75, 3.05) is 22.1 Å². The molecular weight excluding hydrogens is 1320 g/mol. The van der Waals surface area contributed by atoms with E-state index in [9.17, 15) is 78.6 Å². The first-order valence-electron chi connectivity index (χ1n) is 22.5. The molecule has 4 aliphatic heterocycles. The van der Waals surface area contributed by atoms with Crippen molar-refractivity contribution in [3.63, 3.8) is 0 Å². The highest BCUT2D eigenvalue weighted by Crippen LogP contribution is 2.54. The van der Waals surface area contributed by atoms with Crippen molar-refractivity contribution < 1.29 is 69.4 Å². The van der Waals surface area contributed by atoms with Crippen molar-refractivity contribution in [3.8, 4) is 49.4 Å². The van der Waals surface area contributed by atoms with Gasteiger partial charge in [0.2, 0.25) is 40.2 Å². The van der Waals surface area contributed by atoms with Gasteiger partial charge in [0.05, 0.1) is 26.6 Å². The molecule has 4 aromatic rings. The van der Waals surface area contributed by atoms with E-state index in [2.05, 4.69) is 0 Å². The molecule has 0 bridgehead atoms. The van der Waals surface area contributed by atoms with Gasteiger partial charge in [-0.15, -0.1) is 25.7 Å². The predicted molar refractivity (Wildman–Crippen MR) is 277 cm³/mol. The summed E-state index contributed by atoms with van der Waals surface area (Å²) in [4.78, 5) is 98.2. The number of hydrogen-bond donors (Lipinski definition) is 7. The third-order valence-electron chi connectivity index (χ3n) is 13.4. The van der Waals surface area contributed by atoms with E-state index in [-0.39, 0.29) is 4.43 Å². The molecule has 4 fully saturated rings. The fourth-order valence-corrected chi connectivity index (χ4v) is 9.75. The Bertz CT molecular complexity index is 3200. The van der Waals surface area contributed by atoms with Crippen LogP contribution in [0.25, 0.3) is 0 Å². The number of aromatic nitrogens is 8. The average Bonchev–Trinajstić information content (AvgIpc) is 3.94. The van der Waals surface area contributed by atoms with Gasteiger partial charge < -0.3 is 34.3 Å². The Morgan fingerprint density at radius 3 is 0.912 bits per heavy atom. The van der Waals surface area contributed by atoms with Crippen molar-refractivity contribution in [3.05, 3.63) is 132 Å². The number of H-pyrrole nitrogens is 4. The van der Waals surface area contributed by atoms with Crippen molar-refractivity contribution in [2.45, 2.75) is 97.9 Å². The fourth-order valence-electron chi connectivity index (χ4n) is 8.31. The number of aromatic amines is 4. The lowest BCUT2D eigenvalue weighted by Gasteiger charge is -2.24. The van der Waals surface area contributed by atoms with Crippen molar-refractivity contribution in [1.82, 2.24) is 38.2 Å². The van der Waals surface area contributed by atoms with E-state index in [0.29, 0.717) is 13.7 Å². The smallest absolute Gasteiger partial charge is 0.330 e. The first-order valence-corrected chi connectivity index (χ1v) is 25.6. The Labute approximate surface area is 469 Å². The molecule has 4 aromatic heterocycles. The maximum absolute atomic E-state index is 14.9. The predicted octanol–water partition coefficient (Wildman–Crippen LogP) is 0.415. The number of terminal acetylenes is 4. The molecule has 4 saturated heterocycles. The number of rotatable bonds is 8. The molecule has 23 nitrogen and oxygen atoms in total. The zero-order valence-corrected chi connectivity index (χ0v) is 45.5. The highest BCUT2D eigenvalue weighted by Gasteiger charge is 2.68. The molecule has 0 unspecified atom stereocenters. The van der Waals surface area contributed by atoms with Gasteiger partial charge in [0.1, 0.15) is 13.2 Å². The minimum atomic E-state index is -2.94. The highest BCUT2D eigenvalue weighted by atomic mass is 127. The molecule has 0 radical (unpaired) electrons. The maximum Gasteiger partial charge on any atom is 0.330 e. The van der Waals surface area contributed by atoms with E-state index in [1.54, 1.807) is 62.9 Å². The second-order valence-corrected chi connectivity index (χ2v) is 19.4. The fraction of sp³-hybridized carbons (Fsp3) is 0.489. The van der Waals surface area contributed by atoms with Crippen molar-refractivity contribution in [1.29, 1.82) is 0 Å². The average molecular weight is 1370 g/mol. The first-order chi connectivity index (χ1) is 37.1. The number of ether oxygens (including phenoxy) is 4. The molecule has 432 valence electrons. The van der Waals surface area contributed by atoms with E-state index in [1.165, 1.54) is 6.92 Å². The zero-order valence-electron chi connectivity index (χ0n) is 41.2. The van der Waals surface area contributed by atoms with Crippen molar-refractivity contribution >= 4 is 45.2 Å². The van der Waals surface area contributed by atoms with Crippen LogP contribution in [0.3, 0.4) is 0 Å². The molecule has 0 saturated carbocycles. The van der Waals surface area contributed by atoms with Crippen LogP contribution in [0.2, 0.25) is 0 Å². The monoisotopic (exact) mass is 1370 g/mol. The molecule has 8 heterocycles. The third kappa shape index (κ3) is 11.3. The van der Waals surface area contributed by atoms with Gasteiger partial charge in [0.25, 0.3) is 28.1 Å². The van der Waals surface area contributed by atoms with Crippen LogP contribution < -0.4 is 45.0 Å². The topological polar surface area (TPSA) is 317 Å². The number of nitrogens with one attached hydrogen (secondary N) is 4. The largest absolute Gasteiger partial charge is 0.390 e. The molecule has 16 atom stereocenters. The summed E-state index contributed by atoms with van der Waals surface area (Å²) in [7, 11) is 0. The summed E-state index contributed by atoms with van der Waals surface area (Å²) in [5.41, 5.74) is -17.4. The summed E-state index contributed by atoms with van der Waals surface area (Å²) in [5.74, 6) is -7.67. The summed E-state index contributed by atoms with van der Waals surface area (Å²) < 4.78 is 138. The molecule has 0 aromatic carbocycles. The molecule has 0 spiro atoms. The van der Waals surface area contributed by atoms with Gasteiger partial charge >= 0.3 is 22.8 Å². The number of alkyl halides is 10. The van der Waals surface area contributed by atoms with E-state index in [1.807, 2.05) is 25.9 Å². The van der Waals surface area contributed by atoms with E-state index in [0.717, 1.165) is 67.5 Å². The summed E-state index contributed by atoms with van der Waals surface area (Å²) in [6.45, 7) is 1.32. The standard InChI is InChI=1S/C12H11F2IN2O3.2C12H12F2N2O4.C11H9F2IN2O4/c1-3-11(13)7(2)12(14,6-15)20-9(11)17-5-4-8(18)16-10(17)19;2*1-3-11(13)7(2)12(14,6-17)20-9(11)16-5-4-8(18)15-10(16)19;1-2-10(12)7(18)11(13,5-14)20-8(10)16-4-3-6(17)15-9(16)19/h1,4-5,7,9H,6H2,2H3,(H,16,18,19);2*1,4-5,7,9,17H,6H2,2H3,(H,15,18,19);1,3-4,7-8,18H,5H2,(H,15,17,19)/t3*7-,9+,11+,12+;7-,8+,10+,11+/m0000/s1. The minimum Gasteiger partial charge on any atom is -0.390 e. The van der Waals surface area contributed by atoms with Gasteiger partial charge in [0.15, 0.2) is 31.0 Å². The minimum absolute atomic E-state index is 0.145. The third-order valence-corrected chi connectivity index (χ3v) is 15.5. The molecule has 33 heteroatoms. The quantitative estimate of drug-likeness (QED) is 0.0544. The number of aliphatic hydroxyl groups is 3. The van der Waals surface area contributed by atoms with Crippen LogP contribution in [-0.4, -0.2) is 128 Å². The van der Waals surface area contributed by atoms with Gasteiger partial charge in [-0.25, -0.2) is 54.3 Å². The van der Waals surface area contributed by atoms with Crippen LogP contribution in [-0.2, 0) is 18.9 Å². The Kier molecular flexibility index (Phi) is 19.0. The number of hydrogen-bond acceptors (Lipinski definition) is 15. The van der Waals surface area contributed by atoms with Crippen LogP contribution in [0.15, 0.2) is 87.4 Å². The lowest BCUT2D eigenvalue weighted by molar-refractivity contribution is -0.193. The lowest BCUT2D eigenvalue weighted by atomic mass is 9.87. The molecule has 0 amide bonds. The molecule has 8 rings (SSSR count). The summed E-state index contributed by atoms with van der Waals surface area (Å²) in [6, 6.07) is 3.83. The summed E-state index contributed by atoms with van der Waals surface area (Å²) in [5, 5.41) is 27.8. The van der Waals surface area contributed by atoms with E-state index < -0.39 is 158 Å². The zero-order chi connectivity index (χ0) is 60.5. The Morgan fingerprint density at radius 2 is 0.688 bits per heavy atom. The summed E-state index contributed by atoms with van der Waals surface area (Å²) >= 11 is 3.27. The molecule has 80 heavy (non-hydrogen) atoms. The number of aliphatic hydroxyl groups excluding tert-OH is 3. The van der Waals surface area contributed by atoms with Gasteiger partial charge in [-0.05, 0) is 0 Å². The second kappa shape index (κ2) is 23.6. The van der Waals surface area contributed by atoms with Gasteiger partial charge in [0, 0.05) is 49.1 Å². The van der Waals surface area contributed by atoms with E-state index >= 15 is 0 Å². The van der Waals surface area contributed by atoms with Crippen LogP contribution >= 0.6 is 45.2 Å². The molecule has 7 N–H and O–H groups in total. The first kappa shape index (κ1) is 64.4. The SMILES string of the molecule is C#C[C@]1(F)[C@H](n2ccc(=O)[nH]c2=O)O[C@](F)(CI)[C@H]1C.C#C[C@]1(F)[C@H](n2ccc(=O)[nH]c2=O)O[C@](F)(CI)[C@H]1O.C#C[C@]1(F)[C@H](n2ccc(=O)[nH]c2=O)O[C@](F)(CO)[C@H]1C.C#C[C@]1(F)[C@H](n2ccc(=O)[nH]c2=O)O[C@](F)(CO)[C@H]1C. The Morgan fingerprint density at radius 1 is 0.463 bits per heavy atom. The van der Waals surface area contributed by atoms with Crippen LogP contribution in [0.1, 0.15) is 45.7 Å². The van der Waals surface area contributed by atoms with Crippen LogP contribution in [0.5, 0.6) is 0 Å². The maximum atomic E-state index is 14.9. The molecule has 0 aliphatic carbocycles. The van der Waals surface area contributed by atoms with Gasteiger partial charge in [-0.2, -0.15) is 0 Å².